The molecule has 0 aliphatic carbocycles. The third-order valence-corrected chi connectivity index (χ3v) is 3.14. The predicted octanol–water partition coefficient (Wildman–Crippen LogP) is 2.24. The van der Waals surface area contributed by atoms with Crippen LogP contribution >= 0.6 is 11.3 Å². The lowest BCUT2D eigenvalue weighted by molar-refractivity contribution is -0.157. The molecule has 1 aromatic carbocycles. The maximum atomic E-state index is 11.4. The van der Waals surface area contributed by atoms with E-state index in [1.165, 1.54) is 6.92 Å². The second-order valence-corrected chi connectivity index (χ2v) is 4.87. The van der Waals surface area contributed by atoms with E-state index in [9.17, 15) is 9.59 Å². The highest BCUT2D eigenvalue weighted by molar-refractivity contribution is 7.18. The van der Waals surface area contributed by atoms with Crippen molar-refractivity contribution in [1.29, 1.82) is 0 Å². The smallest absolute Gasteiger partial charge is 0.317 e. The van der Waals surface area contributed by atoms with E-state index in [0.717, 1.165) is 20.8 Å². The lowest BCUT2D eigenvalue weighted by Crippen LogP contribution is -2.11. The van der Waals surface area contributed by atoms with E-state index in [-0.39, 0.29) is 6.42 Å². The summed E-state index contributed by atoms with van der Waals surface area (Å²) in [4.78, 5) is 26.4. The molecule has 88 valence electrons. The van der Waals surface area contributed by atoms with E-state index in [1.54, 1.807) is 11.3 Å². The fourth-order valence-corrected chi connectivity index (χ4v) is 2.49. The molecule has 4 nitrogen and oxygen atoms in total. The van der Waals surface area contributed by atoms with Crippen LogP contribution in [0.1, 0.15) is 17.5 Å². The molecule has 0 saturated carbocycles. The number of para-hydroxylation sites is 1. The number of rotatable bonds is 2. The third-order valence-electron chi connectivity index (χ3n) is 2.20. The number of carbonyl (C=O) groups excluding carboxylic acids is 2. The molecule has 0 radical (unpaired) electrons. The second kappa shape index (κ2) is 4.63. The molecule has 0 aliphatic heterocycles. The topological polar surface area (TPSA) is 56.3 Å². The fourth-order valence-electron chi connectivity index (χ4n) is 1.61. The van der Waals surface area contributed by atoms with Gasteiger partial charge in [0.15, 0.2) is 0 Å². The Morgan fingerprint density at radius 3 is 2.88 bits per heavy atom. The highest BCUT2D eigenvalue weighted by Gasteiger charge is 2.12. The molecule has 0 N–H and O–H groups in total. The molecule has 17 heavy (non-hydrogen) atoms. The normalized spacial score (nSPS) is 10.5. The van der Waals surface area contributed by atoms with Crippen LogP contribution < -0.4 is 0 Å². The van der Waals surface area contributed by atoms with E-state index in [1.807, 2.05) is 25.1 Å². The maximum absolute atomic E-state index is 11.4. The van der Waals surface area contributed by atoms with Gasteiger partial charge in [0.2, 0.25) is 0 Å². The molecular weight excluding hydrogens is 238 g/mol. The number of carbonyl (C=O) groups is 2. The van der Waals surface area contributed by atoms with Crippen molar-refractivity contribution >= 4 is 33.5 Å². The van der Waals surface area contributed by atoms with Crippen molar-refractivity contribution in [1.82, 2.24) is 4.98 Å². The van der Waals surface area contributed by atoms with Crippen LogP contribution in [0.5, 0.6) is 0 Å². The van der Waals surface area contributed by atoms with Crippen molar-refractivity contribution in [3.8, 4) is 0 Å². The van der Waals surface area contributed by atoms with E-state index in [2.05, 4.69) is 9.72 Å². The van der Waals surface area contributed by atoms with Crippen molar-refractivity contribution < 1.29 is 14.3 Å². The Hall–Kier alpha value is -1.75. The van der Waals surface area contributed by atoms with Gasteiger partial charge >= 0.3 is 11.9 Å². The molecule has 0 amide bonds. The largest absolute Gasteiger partial charge is 0.393 e. The van der Waals surface area contributed by atoms with Gasteiger partial charge in [0.25, 0.3) is 0 Å². The molecule has 0 spiro atoms. The second-order valence-electron chi connectivity index (χ2n) is 3.64. The van der Waals surface area contributed by atoms with Crippen molar-refractivity contribution in [2.75, 3.05) is 0 Å². The summed E-state index contributed by atoms with van der Waals surface area (Å²) in [7, 11) is 0. The average molecular weight is 249 g/mol. The number of aryl methyl sites for hydroxylation is 1. The molecule has 1 heterocycles. The lowest BCUT2D eigenvalue weighted by Gasteiger charge is -2.01. The van der Waals surface area contributed by atoms with Gasteiger partial charge < -0.3 is 4.74 Å². The molecule has 2 rings (SSSR count). The van der Waals surface area contributed by atoms with Crippen LogP contribution in [0.15, 0.2) is 18.2 Å². The van der Waals surface area contributed by atoms with E-state index in [4.69, 9.17) is 0 Å². The van der Waals surface area contributed by atoms with Gasteiger partial charge in [0, 0.05) is 6.92 Å². The van der Waals surface area contributed by atoms with Crippen LogP contribution in [-0.2, 0) is 20.7 Å². The monoisotopic (exact) mass is 249 g/mol. The quantitative estimate of drug-likeness (QED) is 0.605. The molecule has 1 aromatic heterocycles. The summed E-state index contributed by atoms with van der Waals surface area (Å²) in [5.41, 5.74) is 1.61. The first-order valence-electron chi connectivity index (χ1n) is 5.12. The van der Waals surface area contributed by atoms with Gasteiger partial charge in [0.05, 0.1) is 21.6 Å². The van der Waals surface area contributed by atoms with Crippen LogP contribution in [0.4, 0.5) is 0 Å². The number of benzene rings is 1. The molecule has 0 unspecified atom stereocenters. The summed E-state index contributed by atoms with van der Waals surface area (Å²) in [6, 6.07) is 5.65. The first-order valence-corrected chi connectivity index (χ1v) is 5.94. The van der Waals surface area contributed by atoms with Crippen LogP contribution in [0.25, 0.3) is 10.2 Å². The number of hydrogen-bond donors (Lipinski definition) is 0. The Kier molecular flexibility index (Phi) is 3.19. The number of aromatic nitrogens is 1. The molecular formula is C12H11NO3S. The summed E-state index contributed by atoms with van der Waals surface area (Å²) in [5, 5.41) is 0.951. The number of ether oxygens (including phenoxy) is 1. The van der Waals surface area contributed by atoms with E-state index >= 15 is 0 Å². The highest BCUT2D eigenvalue weighted by atomic mass is 32.1. The van der Waals surface area contributed by atoms with Crippen molar-refractivity contribution in [3.63, 3.8) is 0 Å². The molecule has 2 aromatic rings. The minimum atomic E-state index is -0.586. The zero-order chi connectivity index (χ0) is 12.4. The van der Waals surface area contributed by atoms with Crippen LogP contribution in [-0.4, -0.2) is 16.9 Å². The van der Waals surface area contributed by atoms with Gasteiger partial charge in [-0.1, -0.05) is 12.1 Å². The minimum absolute atomic E-state index is 0.0695. The molecule has 0 saturated heterocycles. The Balaban J connectivity index is 2.29. The van der Waals surface area contributed by atoms with E-state index in [0.29, 0.717) is 0 Å². The van der Waals surface area contributed by atoms with E-state index < -0.39 is 11.9 Å². The van der Waals surface area contributed by atoms with Crippen LogP contribution in [0.2, 0.25) is 0 Å². The van der Waals surface area contributed by atoms with Crippen molar-refractivity contribution in [2.24, 2.45) is 0 Å². The van der Waals surface area contributed by atoms with Crippen molar-refractivity contribution in [2.45, 2.75) is 20.3 Å². The van der Waals surface area contributed by atoms with Gasteiger partial charge in [-0.05, 0) is 18.6 Å². The van der Waals surface area contributed by atoms with Crippen LogP contribution in [0.3, 0.4) is 0 Å². The SMILES string of the molecule is CC(=O)OC(=O)Cc1cccc2sc(C)nc12. The Bertz CT molecular complexity index is 588. The van der Waals surface area contributed by atoms with Gasteiger partial charge in [0.1, 0.15) is 0 Å². The minimum Gasteiger partial charge on any atom is -0.393 e. The van der Waals surface area contributed by atoms with Gasteiger partial charge in [-0.2, -0.15) is 0 Å². The van der Waals surface area contributed by atoms with Crippen molar-refractivity contribution in [3.05, 3.63) is 28.8 Å². The highest BCUT2D eigenvalue weighted by Crippen LogP contribution is 2.24. The molecule has 0 bridgehead atoms. The summed E-state index contributed by atoms with van der Waals surface area (Å²) < 4.78 is 5.55. The number of fused-ring (bicyclic) bond motifs is 1. The molecule has 0 atom stereocenters. The number of nitrogens with zero attached hydrogens (tertiary/aromatic N) is 1. The Labute approximate surface area is 102 Å². The molecule has 0 fully saturated rings. The molecule has 5 heteroatoms. The number of thiazole rings is 1. The Morgan fingerprint density at radius 2 is 2.18 bits per heavy atom. The first-order chi connectivity index (χ1) is 8.06. The van der Waals surface area contributed by atoms with Gasteiger partial charge in [-0.3, -0.25) is 9.59 Å². The zero-order valence-corrected chi connectivity index (χ0v) is 10.3. The standard InChI is InChI=1S/C12H11NO3S/c1-7-13-12-9(4-3-5-10(12)17-7)6-11(15)16-8(2)14/h3-5H,6H2,1-2H3. The first kappa shape index (κ1) is 11.7. The number of hydrogen-bond acceptors (Lipinski definition) is 5. The third kappa shape index (κ3) is 2.68. The summed E-state index contributed by atoms with van der Waals surface area (Å²) in [6.45, 7) is 3.13. The fraction of sp³-hybridized carbons (Fsp3) is 0.250. The van der Waals surface area contributed by atoms with Crippen LogP contribution in [0, 0.1) is 6.92 Å². The summed E-state index contributed by atoms with van der Waals surface area (Å²) in [5.74, 6) is -1.13. The lowest BCUT2D eigenvalue weighted by atomic mass is 10.1. The average Bonchev–Trinajstić information content (AvgIpc) is 2.58. The predicted molar refractivity (Wildman–Crippen MR) is 64.8 cm³/mol. The molecule has 0 aliphatic rings. The Morgan fingerprint density at radius 1 is 1.41 bits per heavy atom. The summed E-state index contributed by atoms with van der Waals surface area (Å²) >= 11 is 1.58. The van der Waals surface area contributed by atoms with Gasteiger partial charge in [-0.15, -0.1) is 11.3 Å². The number of esters is 2. The van der Waals surface area contributed by atoms with Gasteiger partial charge in [-0.25, -0.2) is 4.98 Å². The zero-order valence-electron chi connectivity index (χ0n) is 9.52. The maximum Gasteiger partial charge on any atom is 0.317 e. The summed E-state index contributed by atoms with van der Waals surface area (Å²) in [6.07, 6.45) is 0.0695.